The van der Waals surface area contributed by atoms with Crippen molar-refractivity contribution in [3.8, 4) is 11.1 Å². The zero-order valence-electron chi connectivity index (χ0n) is 15.4. The Balaban J connectivity index is 2.16. The van der Waals surface area contributed by atoms with E-state index >= 15 is 0 Å². The number of nitrogens with one attached hydrogen (secondary N) is 1. The van der Waals surface area contributed by atoms with E-state index in [4.69, 9.17) is 4.74 Å². The minimum absolute atomic E-state index is 0.0495. The number of carbonyl (C=O) groups is 1. The van der Waals surface area contributed by atoms with Gasteiger partial charge in [-0.15, -0.1) is 11.3 Å². The van der Waals surface area contributed by atoms with Crippen LogP contribution in [0.4, 0.5) is 9.18 Å². The SMILES string of the molecule is CNC(=O)OCc1cc(-c2cccc(CO)c2F)c(S(=O)(=O)c2ccccc2)s1. The van der Waals surface area contributed by atoms with E-state index in [1.165, 1.54) is 37.4 Å². The van der Waals surface area contributed by atoms with Crippen LogP contribution in [0, 0.1) is 5.82 Å². The van der Waals surface area contributed by atoms with E-state index in [1.807, 2.05) is 0 Å². The molecule has 0 unspecified atom stereocenters. The van der Waals surface area contributed by atoms with Crippen LogP contribution < -0.4 is 5.32 Å². The van der Waals surface area contributed by atoms with Crippen molar-refractivity contribution in [1.82, 2.24) is 5.32 Å². The second-order valence-electron chi connectivity index (χ2n) is 5.99. The summed E-state index contributed by atoms with van der Waals surface area (Å²) < 4.78 is 46.2. The number of hydrogen-bond donors (Lipinski definition) is 2. The number of benzene rings is 2. The molecule has 9 heteroatoms. The quantitative estimate of drug-likeness (QED) is 0.615. The fourth-order valence-corrected chi connectivity index (χ4v) is 5.76. The maximum atomic E-state index is 14.9. The molecular formula is C20H18FNO5S2. The highest BCUT2D eigenvalue weighted by molar-refractivity contribution is 7.93. The van der Waals surface area contributed by atoms with Crippen LogP contribution in [0.25, 0.3) is 11.1 Å². The molecular weight excluding hydrogens is 417 g/mol. The smallest absolute Gasteiger partial charge is 0.407 e. The fourth-order valence-electron chi connectivity index (χ4n) is 2.71. The summed E-state index contributed by atoms with van der Waals surface area (Å²) in [6.07, 6.45) is -0.666. The van der Waals surface area contributed by atoms with Gasteiger partial charge >= 0.3 is 6.09 Å². The molecule has 0 fully saturated rings. The summed E-state index contributed by atoms with van der Waals surface area (Å²) in [7, 11) is -2.54. The first kappa shape index (κ1) is 21.0. The molecule has 1 heterocycles. The van der Waals surface area contributed by atoms with Gasteiger partial charge in [0.05, 0.1) is 11.5 Å². The summed E-state index contributed by atoms with van der Waals surface area (Å²) in [4.78, 5) is 11.9. The van der Waals surface area contributed by atoms with Gasteiger partial charge in [0.1, 0.15) is 16.6 Å². The molecule has 2 aromatic carbocycles. The van der Waals surface area contributed by atoms with Gasteiger partial charge in [-0.25, -0.2) is 17.6 Å². The van der Waals surface area contributed by atoms with E-state index < -0.39 is 28.4 Å². The van der Waals surface area contributed by atoms with Crippen molar-refractivity contribution in [3.05, 3.63) is 70.9 Å². The number of aliphatic hydroxyl groups is 1. The van der Waals surface area contributed by atoms with Crippen molar-refractivity contribution in [3.63, 3.8) is 0 Å². The summed E-state index contributed by atoms with van der Waals surface area (Å²) in [5.74, 6) is -0.698. The van der Waals surface area contributed by atoms with Gasteiger partial charge in [0.2, 0.25) is 9.84 Å². The van der Waals surface area contributed by atoms with Gasteiger partial charge in [0, 0.05) is 28.6 Å². The Morgan fingerprint density at radius 3 is 2.52 bits per heavy atom. The van der Waals surface area contributed by atoms with Crippen LogP contribution in [0.5, 0.6) is 0 Å². The second kappa shape index (κ2) is 8.73. The lowest BCUT2D eigenvalue weighted by Gasteiger charge is -2.09. The zero-order chi connectivity index (χ0) is 21.0. The Hall–Kier alpha value is -2.75. The standard InChI is InChI=1S/C20H18FNO5S2/c1-22-20(24)27-12-14-10-17(16-9-5-6-13(11-23)18(16)21)19(28-14)29(25,26)15-7-3-2-4-8-15/h2-10,23H,11-12H2,1H3,(H,22,24). The first-order valence-corrected chi connectivity index (χ1v) is 10.8. The molecule has 0 atom stereocenters. The number of rotatable bonds is 6. The van der Waals surface area contributed by atoms with Crippen molar-refractivity contribution >= 4 is 27.3 Å². The summed E-state index contributed by atoms with van der Waals surface area (Å²) >= 11 is 0.909. The Bertz CT molecular complexity index is 1130. The Labute approximate surface area is 171 Å². The van der Waals surface area contributed by atoms with Gasteiger partial charge < -0.3 is 15.2 Å². The highest BCUT2D eigenvalue weighted by Gasteiger charge is 2.27. The largest absolute Gasteiger partial charge is 0.444 e. The van der Waals surface area contributed by atoms with E-state index in [2.05, 4.69) is 5.32 Å². The van der Waals surface area contributed by atoms with Gasteiger partial charge in [0.15, 0.2) is 0 Å². The third kappa shape index (κ3) is 4.31. The molecule has 0 spiro atoms. The van der Waals surface area contributed by atoms with Crippen molar-refractivity contribution in [2.45, 2.75) is 22.3 Å². The molecule has 0 saturated carbocycles. The summed E-state index contributed by atoms with van der Waals surface area (Å²) in [5, 5.41) is 11.7. The molecule has 0 radical (unpaired) electrons. The van der Waals surface area contributed by atoms with Crippen LogP contribution in [-0.2, 0) is 27.8 Å². The average molecular weight is 435 g/mol. The number of aliphatic hydroxyl groups excluding tert-OH is 1. The number of alkyl carbamates (subject to hydrolysis) is 1. The van der Waals surface area contributed by atoms with E-state index in [-0.39, 0.29) is 32.4 Å². The second-order valence-corrected chi connectivity index (χ2v) is 9.27. The number of carbonyl (C=O) groups excluding carboxylic acids is 1. The lowest BCUT2D eigenvalue weighted by atomic mass is 10.0. The molecule has 0 aliphatic carbocycles. The molecule has 0 bridgehead atoms. The summed E-state index contributed by atoms with van der Waals surface area (Å²) in [6, 6.07) is 13.7. The van der Waals surface area contributed by atoms with E-state index in [0.717, 1.165) is 11.3 Å². The molecule has 152 valence electrons. The first-order chi connectivity index (χ1) is 13.9. The third-order valence-corrected chi connectivity index (χ3v) is 7.55. The Morgan fingerprint density at radius 2 is 1.86 bits per heavy atom. The number of halogens is 1. The zero-order valence-corrected chi connectivity index (χ0v) is 17.0. The number of amides is 1. The first-order valence-electron chi connectivity index (χ1n) is 8.54. The molecule has 1 amide bonds. The van der Waals surface area contributed by atoms with E-state index in [0.29, 0.717) is 4.88 Å². The van der Waals surface area contributed by atoms with Crippen molar-refractivity contribution in [2.75, 3.05) is 7.05 Å². The molecule has 0 saturated heterocycles. The Kier molecular flexibility index (Phi) is 6.31. The molecule has 3 rings (SSSR count). The van der Waals surface area contributed by atoms with E-state index in [1.54, 1.807) is 24.3 Å². The number of thiophene rings is 1. The lowest BCUT2D eigenvalue weighted by Crippen LogP contribution is -2.18. The predicted octanol–water partition coefficient (Wildman–Crippen LogP) is 3.74. The van der Waals surface area contributed by atoms with Crippen molar-refractivity contribution in [1.29, 1.82) is 0 Å². The lowest BCUT2D eigenvalue weighted by molar-refractivity contribution is 0.143. The third-order valence-electron chi connectivity index (χ3n) is 4.14. The number of sulfone groups is 1. The van der Waals surface area contributed by atoms with Crippen molar-refractivity contribution in [2.24, 2.45) is 0 Å². The van der Waals surface area contributed by atoms with Gasteiger partial charge in [-0.1, -0.05) is 36.4 Å². The Morgan fingerprint density at radius 1 is 1.14 bits per heavy atom. The van der Waals surface area contributed by atoms with Gasteiger partial charge in [-0.2, -0.15) is 0 Å². The van der Waals surface area contributed by atoms with Gasteiger partial charge in [-0.05, 0) is 18.2 Å². The van der Waals surface area contributed by atoms with Gasteiger partial charge in [0.25, 0.3) is 0 Å². The van der Waals surface area contributed by atoms with Crippen LogP contribution in [0.1, 0.15) is 10.4 Å². The van der Waals surface area contributed by atoms with Crippen LogP contribution in [0.2, 0.25) is 0 Å². The highest BCUT2D eigenvalue weighted by atomic mass is 32.2. The minimum Gasteiger partial charge on any atom is -0.444 e. The van der Waals surface area contributed by atoms with Crippen LogP contribution in [0.15, 0.2) is 63.7 Å². The summed E-state index contributed by atoms with van der Waals surface area (Å²) in [6.45, 7) is -0.680. The fraction of sp³-hybridized carbons (Fsp3) is 0.150. The topological polar surface area (TPSA) is 92.7 Å². The number of hydrogen-bond acceptors (Lipinski definition) is 6. The van der Waals surface area contributed by atoms with Gasteiger partial charge in [-0.3, -0.25) is 0 Å². The molecule has 6 nitrogen and oxygen atoms in total. The average Bonchev–Trinajstić information content (AvgIpc) is 3.17. The number of ether oxygens (including phenoxy) is 1. The maximum Gasteiger partial charge on any atom is 0.407 e. The monoisotopic (exact) mass is 435 g/mol. The molecule has 29 heavy (non-hydrogen) atoms. The maximum absolute atomic E-state index is 14.9. The van der Waals surface area contributed by atoms with Crippen LogP contribution in [0.3, 0.4) is 0 Å². The normalized spacial score (nSPS) is 11.3. The molecule has 1 aromatic heterocycles. The molecule has 0 aliphatic rings. The molecule has 2 N–H and O–H groups in total. The molecule has 3 aromatic rings. The highest BCUT2D eigenvalue weighted by Crippen LogP contribution is 2.40. The van der Waals surface area contributed by atoms with Crippen LogP contribution >= 0.6 is 11.3 Å². The molecule has 0 aliphatic heterocycles. The summed E-state index contributed by atoms with van der Waals surface area (Å²) in [5.41, 5.74) is 0.260. The predicted molar refractivity (Wildman–Crippen MR) is 107 cm³/mol. The van der Waals surface area contributed by atoms with Crippen molar-refractivity contribution < 1.29 is 27.4 Å². The van der Waals surface area contributed by atoms with Crippen LogP contribution in [-0.4, -0.2) is 26.7 Å². The van der Waals surface area contributed by atoms with E-state index in [9.17, 15) is 22.7 Å². The minimum atomic E-state index is -3.94.